The van der Waals surface area contributed by atoms with E-state index in [-0.39, 0.29) is 18.6 Å². The second-order valence-corrected chi connectivity index (χ2v) is 6.70. The van der Waals surface area contributed by atoms with Gasteiger partial charge in [0.05, 0.1) is 18.3 Å². The zero-order valence-electron chi connectivity index (χ0n) is 17.0. The molecule has 0 N–H and O–H groups in total. The lowest BCUT2D eigenvalue weighted by atomic mass is 10.1. The zero-order chi connectivity index (χ0) is 20.6. The highest BCUT2D eigenvalue weighted by atomic mass is 16.5. The van der Waals surface area contributed by atoms with Crippen LogP contribution in [-0.4, -0.2) is 45.8 Å². The van der Waals surface area contributed by atoms with Crippen LogP contribution in [0, 0.1) is 0 Å². The van der Waals surface area contributed by atoms with Gasteiger partial charge in [0.2, 0.25) is 0 Å². The molecule has 1 atom stereocenters. The molecule has 0 saturated carbocycles. The van der Waals surface area contributed by atoms with E-state index in [0.717, 1.165) is 17.7 Å². The number of ether oxygens (including phenoxy) is 2. The van der Waals surface area contributed by atoms with Gasteiger partial charge in [-0.3, -0.25) is 4.79 Å². The van der Waals surface area contributed by atoms with Crippen LogP contribution >= 0.6 is 0 Å². The molecule has 2 aromatic carbocycles. The van der Waals surface area contributed by atoms with Crippen molar-refractivity contribution in [2.24, 2.45) is 0 Å². The third-order valence-corrected chi connectivity index (χ3v) is 4.70. The molecule has 7 heteroatoms. The Morgan fingerprint density at radius 2 is 1.79 bits per heavy atom. The summed E-state index contributed by atoms with van der Waals surface area (Å²) in [5.74, 6) is 1.12. The van der Waals surface area contributed by atoms with Gasteiger partial charge in [0, 0.05) is 7.05 Å². The number of aromatic nitrogens is 3. The number of benzene rings is 2. The van der Waals surface area contributed by atoms with Crippen molar-refractivity contribution in [3.8, 4) is 17.2 Å². The first kappa shape index (κ1) is 20.4. The largest absolute Gasteiger partial charge is 0.490 e. The second kappa shape index (κ2) is 9.73. The normalized spacial score (nSPS) is 11.7. The van der Waals surface area contributed by atoms with Crippen LogP contribution in [0.4, 0.5) is 0 Å². The van der Waals surface area contributed by atoms with Crippen molar-refractivity contribution in [3.63, 3.8) is 0 Å². The number of carbonyl (C=O) groups is 1. The van der Waals surface area contributed by atoms with E-state index in [1.54, 1.807) is 23.0 Å². The highest BCUT2D eigenvalue weighted by Crippen LogP contribution is 2.27. The molecule has 1 amide bonds. The van der Waals surface area contributed by atoms with E-state index in [1.165, 1.54) is 6.33 Å². The molecule has 0 unspecified atom stereocenters. The van der Waals surface area contributed by atoms with E-state index in [9.17, 15) is 4.79 Å². The van der Waals surface area contributed by atoms with E-state index < -0.39 is 0 Å². The van der Waals surface area contributed by atoms with E-state index in [4.69, 9.17) is 9.47 Å². The van der Waals surface area contributed by atoms with Gasteiger partial charge < -0.3 is 14.4 Å². The summed E-state index contributed by atoms with van der Waals surface area (Å²) in [5, 5.41) is 4.12. The first-order valence-electron chi connectivity index (χ1n) is 9.65. The Kier molecular flexibility index (Phi) is 6.84. The van der Waals surface area contributed by atoms with E-state index in [1.807, 2.05) is 62.4 Å². The quantitative estimate of drug-likeness (QED) is 0.554. The Hall–Kier alpha value is -3.35. The topological polar surface area (TPSA) is 69.5 Å². The molecular weight excluding hydrogens is 368 g/mol. The van der Waals surface area contributed by atoms with Crippen LogP contribution < -0.4 is 9.47 Å². The fourth-order valence-corrected chi connectivity index (χ4v) is 2.83. The molecular formula is C22H26N4O3. The van der Waals surface area contributed by atoms with Gasteiger partial charge in [-0.2, -0.15) is 5.10 Å². The summed E-state index contributed by atoms with van der Waals surface area (Å²) in [6.45, 7) is 4.59. The third-order valence-electron chi connectivity index (χ3n) is 4.70. The Bertz CT molecular complexity index is 910. The number of para-hydroxylation sites is 2. The first-order chi connectivity index (χ1) is 14.1. The molecule has 0 aliphatic rings. The molecule has 0 aliphatic heterocycles. The van der Waals surface area contributed by atoms with Crippen molar-refractivity contribution < 1.29 is 14.3 Å². The number of likely N-dealkylation sites (N-methyl/N-ethyl adjacent to an activating group) is 1. The molecule has 1 aromatic heterocycles. The predicted molar refractivity (Wildman–Crippen MR) is 110 cm³/mol. The third kappa shape index (κ3) is 5.13. The number of hydrogen-bond acceptors (Lipinski definition) is 5. The summed E-state index contributed by atoms with van der Waals surface area (Å²) in [4.78, 5) is 18.3. The van der Waals surface area contributed by atoms with Crippen LogP contribution in [-0.2, 0) is 4.79 Å². The Labute approximate surface area is 170 Å². The van der Waals surface area contributed by atoms with E-state index in [2.05, 4.69) is 10.1 Å². The molecule has 0 aliphatic carbocycles. The minimum Gasteiger partial charge on any atom is -0.490 e. The molecule has 3 aromatic rings. The summed E-state index contributed by atoms with van der Waals surface area (Å²) in [7, 11) is 1.78. The Morgan fingerprint density at radius 3 is 2.41 bits per heavy atom. The maximum Gasteiger partial charge on any atom is 0.260 e. The molecule has 0 fully saturated rings. The molecule has 0 saturated heterocycles. The van der Waals surface area contributed by atoms with Crippen molar-refractivity contribution >= 4 is 5.91 Å². The second-order valence-electron chi connectivity index (χ2n) is 6.70. The monoisotopic (exact) mass is 394 g/mol. The van der Waals surface area contributed by atoms with Crippen LogP contribution in [0.1, 0.15) is 31.9 Å². The van der Waals surface area contributed by atoms with Crippen molar-refractivity contribution in [2.75, 3.05) is 20.3 Å². The lowest BCUT2D eigenvalue weighted by molar-refractivity contribution is -0.134. The minimum atomic E-state index is -0.108. The Morgan fingerprint density at radius 1 is 1.10 bits per heavy atom. The number of nitrogens with zero attached hydrogens (tertiary/aromatic N) is 4. The maximum absolute atomic E-state index is 12.6. The van der Waals surface area contributed by atoms with Crippen LogP contribution in [0.15, 0.2) is 61.2 Å². The highest BCUT2D eigenvalue weighted by molar-refractivity contribution is 5.78. The molecule has 29 heavy (non-hydrogen) atoms. The van der Waals surface area contributed by atoms with Gasteiger partial charge in [-0.25, -0.2) is 9.67 Å². The summed E-state index contributed by atoms with van der Waals surface area (Å²) in [6.07, 6.45) is 4.05. The fraction of sp³-hybridized carbons (Fsp3) is 0.318. The number of hydrogen-bond donors (Lipinski definition) is 0. The fourth-order valence-electron chi connectivity index (χ4n) is 2.83. The number of amides is 1. The lowest BCUT2D eigenvalue weighted by Gasteiger charge is -2.25. The zero-order valence-corrected chi connectivity index (χ0v) is 17.0. The lowest BCUT2D eigenvalue weighted by Crippen LogP contribution is -2.33. The van der Waals surface area contributed by atoms with Crippen LogP contribution in [0.25, 0.3) is 5.69 Å². The van der Waals surface area contributed by atoms with Crippen molar-refractivity contribution in [3.05, 3.63) is 66.7 Å². The van der Waals surface area contributed by atoms with Crippen LogP contribution in [0.3, 0.4) is 0 Å². The molecule has 3 rings (SSSR count). The minimum absolute atomic E-state index is 0.0512. The van der Waals surface area contributed by atoms with Gasteiger partial charge >= 0.3 is 0 Å². The van der Waals surface area contributed by atoms with Crippen molar-refractivity contribution in [1.29, 1.82) is 0 Å². The first-order valence-corrected chi connectivity index (χ1v) is 9.65. The van der Waals surface area contributed by atoms with Gasteiger partial charge in [-0.15, -0.1) is 0 Å². The van der Waals surface area contributed by atoms with Gasteiger partial charge in [0.15, 0.2) is 18.1 Å². The Balaban J connectivity index is 1.60. The van der Waals surface area contributed by atoms with Crippen molar-refractivity contribution in [2.45, 2.75) is 26.3 Å². The smallest absolute Gasteiger partial charge is 0.260 e. The van der Waals surface area contributed by atoms with Crippen LogP contribution in [0.2, 0.25) is 0 Å². The van der Waals surface area contributed by atoms with Crippen molar-refractivity contribution in [1.82, 2.24) is 19.7 Å². The average molecular weight is 394 g/mol. The molecule has 1 heterocycles. The molecule has 7 nitrogen and oxygen atoms in total. The predicted octanol–water partition coefficient (Wildman–Crippen LogP) is 3.65. The number of rotatable bonds is 9. The van der Waals surface area contributed by atoms with Gasteiger partial charge in [0.25, 0.3) is 5.91 Å². The SMILES string of the molecule is CCCOc1ccccc1OCC(=O)N(C)[C@@H](C)c1ccc(-n2cncn2)cc1. The molecule has 0 radical (unpaired) electrons. The van der Waals surface area contributed by atoms with Crippen LogP contribution in [0.5, 0.6) is 11.5 Å². The van der Waals surface area contributed by atoms with Gasteiger partial charge in [-0.1, -0.05) is 31.2 Å². The van der Waals surface area contributed by atoms with Gasteiger partial charge in [0.1, 0.15) is 12.7 Å². The summed E-state index contributed by atoms with van der Waals surface area (Å²) < 4.78 is 13.1. The van der Waals surface area contributed by atoms with E-state index in [0.29, 0.717) is 18.1 Å². The summed E-state index contributed by atoms with van der Waals surface area (Å²) in [5.41, 5.74) is 1.94. The highest BCUT2D eigenvalue weighted by Gasteiger charge is 2.18. The average Bonchev–Trinajstić information content (AvgIpc) is 3.30. The maximum atomic E-state index is 12.6. The standard InChI is InChI=1S/C22H26N4O3/c1-4-13-28-20-7-5-6-8-21(20)29-14-22(27)25(3)17(2)18-9-11-19(12-10-18)26-16-23-15-24-26/h5-12,15-17H,4,13-14H2,1-3H3/t17-/m0/s1. The molecule has 152 valence electrons. The summed E-state index contributed by atoms with van der Waals surface area (Å²) in [6, 6.07) is 15.2. The number of carbonyl (C=O) groups excluding carboxylic acids is 1. The van der Waals surface area contributed by atoms with Gasteiger partial charge in [-0.05, 0) is 43.2 Å². The molecule has 0 spiro atoms. The molecule has 0 bridgehead atoms. The summed E-state index contributed by atoms with van der Waals surface area (Å²) >= 11 is 0. The van der Waals surface area contributed by atoms with E-state index >= 15 is 0 Å².